The fourth-order valence-corrected chi connectivity index (χ4v) is 2.39. The molecule has 1 fully saturated rings. The summed E-state index contributed by atoms with van der Waals surface area (Å²) in [5, 5.41) is 3.24. The lowest BCUT2D eigenvalue weighted by atomic mass is 10.2. The van der Waals surface area contributed by atoms with Gasteiger partial charge in [-0.15, -0.1) is 0 Å². The Labute approximate surface area is 112 Å². The topological polar surface area (TPSA) is 35.6 Å². The van der Waals surface area contributed by atoms with Gasteiger partial charge >= 0.3 is 0 Å². The monoisotopic (exact) mass is 255 g/mol. The summed E-state index contributed by atoms with van der Waals surface area (Å²) in [5.74, 6) is 0.175. The predicted octanol–water partition coefficient (Wildman–Crippen LogP) is 1.32. The van der Waals surface area contributed by atoms with E-state index in [-0.39, 0.29) is 11.9 Å². The first-order chi connectivity index (χ1) is 8.52. The highest BCUT2D eigenvalue weighted by atomic mass is 16.2. The van der Waals surface area contributed by atoms with E-state index in [2.05, 4.69) is 17.3 Å². The quantitative estimate of drug-likeness (QED) is 0.697. The van der Waals surface area contributed by atoms with Crippen molar-refractivity contribution < 1.29 is 4.79 Å². The summed E-state index contributed by atoms with van der Waals surface area (Å²) < 4.78 is 0. The van der Waals surface area contributed by atoms with Crippen LogP contribution in [0.5, 0.6) is 0 Å². The smallest absolute Gasteiger partial charge is 0.236 e. The van der Waals surface area contributed by atoms with Crippen LogP contribution in [0.15, 0.2) is 0 Å². The lowest BCUT2D eigenvalue weighted by Gasteiger charge is -2.25. The number of nitrogens with one attached hydrogen (secondary N) is 1. The molecule has 4 nitrogen and oxygen atoms in total. The van der Waals surface area contributed by atoms with Crippen LogP contribution in [0.3, 0.4) is 0 Å². The molecule has 0 aromatic heterocycles. The molecule has 18 heavy (non-hydrogen) atoms. The van der Waals surface area contributed by atoms with Crippen LogP contribution in [0, 0.1) is 0 Å². The van der Waals surface area contributed by atoms with Crippen LogP contribution in [-0.2, 0) is 4.79 Å². The van der Waals surface area contributed by atoms with Gasteiger partial charge in [0.15, 0.2) is 0 Å². The van der Waals surface area contributed by atoms with Gasteiger partial charge in [0, 0.05) is 32.2 Å². The zero-order valence-electron chi connectivity index (χ0n) is 12.4. The second-order valence-corrected chi connectivity index (χ2v) is 5.69. The van der Waals surface area contributed by atoms with Crippen molar-refractivity contribution in [2.45, 2.75) is 51.6 Å². The van der Waals surface area contributed by atoms with Crippen LogP contribution in [0.1, 0.15) is 39.5 Å². The second kappa shape index (κ2) is 7.74. The fourth-order valence-electron chi connectivity index (χ4n) is 2.39. The van der Waals surface area contributed by atoms with Crippen molar-refractivity contribution in [1.29, 1.82) is 0 Å². The molecule has 1 saturated carbocycles. The summed E-state index contributed by atoms with van der Waals surface area (Å²) in [6.45, 7) is 6.44. The highest BCUT2D eigenvalue weighted by Gasteiger charge is 2.18. The Morgan fingerprint density at radius 3 is 2.44 bits per heavy atom. The zero-order valence-corrected chi connectivity index (χ0v) is 12.4. The molecule has 0 atom stereocenters. The first-order valence-electron chi connectivity index (χ1n) is 7.19. The van der Waals surface area contributed by atoms with Gasteiger partial charge in [0.1, 0.15) is 0 Å². The van der Waals surface area contributed by atoms with Gasteiger partial charge < -0.3 is 15.1 Å². The van der Waals surface area contributed by atoms with E-state index in [1.807, 2.05) is 20.9 Å². The molecule has 0 aromatic carbocycles. The number of hydrogen-bond donors (Lipinski definition) is 1. The number of carbonyl (C=O) groups excluding carboxylic acids is 1. The second-order valence-electron chi connectivity index (χ2n) is 5.69. The van der Waals surface area contributed by atoms with Crippen molar-refractivity contribution in [1.82, 2.24) is 15.1 Å². The third-order valence-corrected chi connectivity index (χ3v) is 4.03. The van der Waals surface area contributed by atoms with Gasteiger partial charge in [-0.05, 0) is 33.7 Å². The van der Waals surface area contributed by atoms with Crippen LogP contribution in [0.4, 0.5) is 0 Å². The number of hydrogen-bond acceptors (Lipinski definition) is 3. The first kappa shape index (κ1) is 15.4. The van der Waals surface area contributed by atoms with Crippen molar-refractivity contribution in [2.24, 2.45) is 0 Å². The van der Waals surface area contributed by atoms with Crippen LogP contribution >= 0.6 is 0 Å². The number of nitrogens with zero attached hydrogens (tertiary/aromatic N) is 2. The van der Waals surface area contributed by atoms with Crippen molar-refractivity contribution in [3.8, 4) is 0 Å². The molecule has 1 amide bonds. The number of amides is 1. The standard InChI is InChI=1S/C14H29N3O/c1-12(2)17(4)14(18)11-15-9-10-16(3)13-7-5-6-8-13/h12-13,15H,5-11H2,1-4H3. The molecule has 4 heteroatoms. The fraction of sp³-hybridized carbons (Fsp3) is 0.929. The highest BCUT2D eigenvalue weighted by molar-refractivity contribution is 5.78. The van der Waals surface area contributed by atoms with Gasteiger partial charge in [0.05, 0.1) is 6.54 Å². The van der Waals surface area contributed by atoms with Crippen LogP contribution in [0.2, 0.25) is 0 Å². The van der Waals surface area contributed by atoms with Gasteiger partial charge in [0.25, 0.3) is 0 Å². The molecule has 106 valence electrons. The third-order valence-electron chi connectivity index (χ3n) is 4.03. The van der Waals surface area contributed by atoms with E-state index >= 15 is 0 Å². The van der Waals surface area contributed by atoms with Crippen molar-refractivity contribution in [2.75, 3.05) is 33.7 Å². The molecule has 0 bridgehead atoms. The maximum atomic E-state index is 11.7. The summed E-state index contributed by atoms with van der Waals surface area (Å²) in [4.78, 5) is 15.9. The largest absolute Gasteiger partial charge is 0.342 e. The summed E-state index contributed by atoms with van der Waals surface area (Å²) in [7, 11) is 4.05. The average molecular weight is 255 g/mol. The SMILES string of the molecule is CC(C)N(C)C(=O)CNCCN(C)C1CCCC1. The van der Waals surface area contributed by atoms with Gasteiger partial charge in [-0.3, -0.25) is 4.79 Å². The Balaban J connectivity index is 2.09. The minimum Gasteiger partial charge on any atom is -0.342 e. The molecular weight excluding hydrogens is 226 g/mol. The molecule has 0 spiro atoms. The molecule has 1 N–H and O–H groups in total. The molecule has 1 rings (SSSR count). The Hall–Kier alpha value is -0.610. The van der Waals surface area contributed by atoms with E-state index in [0.717, 1.165) is 19.1 Å². The van der Waals surface area contributed by atoms with Gasteiger partial charge in [-0.1, -0.05) is 12.8 Å². The lowest BCUT2D eigenvalue weighted by Crippen LogP contribution is -2.42. The predicted molar refractivity (Wildman–Crippen MR) is 75.7 cm³/mol. The average Bonchev–Trinajstić information content (AvgIpc) is 2.86. The van der Waals surface area contributed by atoms with Gasteiger partial charge in [-0.2, -0.15) is 0 Å². The molecule has 1 aliphatic rings. The Bertz CT molecular complexity index is 249. The maximum Gasteiger partial charge on any atom is 0.236 e. The van der Waals surface area contributed by atoms with Crippen molar-refractivity contribution in [3.63, 3.8) is 0 Å². The summed E-state index contributed by atoms with van der Waals surface area (Å²) in [6, 6.07) is 1.04. The summed E-state index contributed by atoms with van der Waals surface area (Å²) in [6.07, 6.45) is 5.43. The molecular formula is C14H29N3O. The van der Waals surface area contributed by atoms with E-state index in [4.69, 9.17) is 0 Å². The van der Waals surface area contributed by atoms with E-state index in [1.54, 1.807) is 4.90 Å². The Kier molecular flexibility index (Phi) is 6.65. The molecule has 0 aromatic rings. The molecule has 1 aliphatic carbocycles. The van der Waals surface area contributed by atoms with Crippen molar-refractivity contribution >= 4 is 5.91 Å². The van der Waals surface area contributed by atoms with E-state index in [0.29, 0.717) is 6.54 Å². The van der Waals surface area contributed by atoms with E-state index in [9.17, 15) is 4.79 Å². The minimum atomic E-state index is 0.175. The zero-order chi connectivity index (χ0) is 13.5. The Morgan fingerprint density at radius 1 is 1.28 bits per heavy atom. The van der Waals surface area contributed by atoms with Crippen LogP contribution in [-0.4, -0.2) is 61.5 Å². The first-order valence-corrected chi connectivity index (χ1v) is 7.19. The summed E-state index contributed by atoms with van der Waals surface area (Å²) in [5.41, 5.74) is 0. The van der Waals surface area contributed by atoms with Crippen LogP contribution < -0.4 is 5.32 Å². The van der Waals surface area contributed by atoms with Crippen molar-refractivity contribution in [3.05, 3.63) is 0 Å². The molecule has 0 saturated heterocycles. The highest BCUT2D eigenvalue weighted by Crippen LogP contribution is 2.21. The number of likely N-dealkylation sites (N-methyl/N-ethyl adjacent to an activating group) is 2. The number of carbonyl (C=O) groups is 1. The van der Waals surface area contributed by atoms with Crippen LogP contribution in [0.25, 0.3) is 0 Å². The summed E-state index contributed by atoms with van der Waals surface area (Å²) >= 11 is 0. The minimum absolute atomic E-state index is 0.175. The normalized spacial score (nSPS) is 16.8. The van der Waals surface area contributed by atoms with E-state index < -0.39 is 0 Å². The third kappa shape index (κ3) is 4.94. The molecule has 0 aliphatic heterocycles. The molecule has 0 radical (unpaired) electrons. The molecule has 0 unspecified atom stereocenters. The number of rotatable bonds is 7. The van der Waals surface area contributed by atoms with Gasteiger partial charge in [-0.25, -0.2) is 0 Å². The van der Waals surface area contributed by atoms with Gasteiger partial charge in [0.2, 0.25) is 5.91 Å². The lowest BCUT2D eigenvalue weighted by molar-refractivity contribution is -0.130. The van der Waals surface area contributed by atoms with E-state index in [1.165, 1.54) is 25.7 Å². The molecule has 0 heterocycles. The Morgan fingerprint density at radius 2 is 1.89 bits per heavy atom. The maximum absolute atomic E-state index is 11.7.